The number of hydrogen-bond acceptors (Lipinski definition) is 6. The van der Waals surface area contributed by atoms with Crippen LogP contribution in [0.2, 0.25) is 5.02 Å². The van der Waals surface area contributed by atoms with Gasteiger partial charge in [0.05, 0.1) is 6.20 Å². The van der Waals surface area contributed by atoms with Gasteiger partial charge in [0, 0.05) is 36.1 Å². The van der Waals surface area contributed by atoms with Gasteiger partial charge in [-0.15, -0.1) is 5.10 Å². The minimum Gasteiger partial charge on any atom is -0.477 e. The highest BCUT2D eigenvalue weighted by atomic mass is 35.5. The molecule has 12 heteroatoms. The van der Waals surface area contributed by atoms with Gasteiger partial charge in [-0.05, 0) is 57.4 Å². The van der Waals surface area contributed by atoms with Crippen molar-refractivity contribution in [3.63, 3.8) is 0 Å². The van der Waals surface area contributed by atoms with Crippen LogP contribution in [0.1, 0.15) is 55.2 Å². The van der Waals surface area contributed by atoms with Crippen LogP contribution in [0.15, 0.2) is 29.2 Å². The third-order valence-electron chi connectivity index (χ3n) is 5.75. The number of amides is 1. The molecule has 0 aliphatic carbocycles. The fraction of sp³-hybridized carbons (Fsp3) is 0.417. The Hall–Kier alpha value is -3.60. The van der Waals surface area contributed by atoms with Crippen LogP contribution in [0.4, 0.5) is 15.0 Å². The number of ether oxygens (including phenoxy) is 1. The standard InChI is InChI=1S/C24H27ClFN5O5/c1-24(2,3)36-23(35)27-15-5-4-8-30(11-15)20-16(10-13-9-14(26)6-7-17(13)25)19-21(32)28-18(22(33)34)12-31(19)29-20/h6-7,9,12,15H,4-5,8,10-11H2,1-3H3,(H,27,35)(H,28,32)(H,33,34)/t15-/m0/s1. The van der Waals surface area contributed by atoms with Crippen molar-refractivity contribution in [2.45, 2.75) is 51.7 Å². The lowest BCUT2D eigenvalue weighted by Gasteiger charge is -2.34. The Kier molecular flexibility index (Phi) is 6.94. The molecule has 3 N–H and O–H groups in total. The highest BCUT2D eigenvalue weighted by Crippen LogP contribution is 2.30. The second kappa shape index (κ2) is 9.81. The van der Waals surface area contributed by atoms with Crippen LogP contribution in [0.5, 0.6) is 0 Å². The quantitative estimate of drug-likeness (QED) is 0.469. The molecule has 0 radical (unpaired) electrons. The Morgan fingerprint density at radius 3 is 2.81 bits per heavy atom. The zero-order valence-electron chi connectivity index (χ0n) is 20.1. The molecule has 0 bridgehead atoms. The van der Waals surface area contributed by atoms with Gasteiger partial charge in [-0.25, -0.2) is 18.5 Å². The van der Waals surface area contributed by atoms with E-state index >= 15 is 0 Å². The number of benzene rings is 1. The SMILES string of the molecule is CC(C)(C)OC(=O)N[C@H]1CCCN(c2nn3cc(C(=O)O)[nH]c(=O)c3c2Cc2cc(F)ccc2Cl)C1. The number of carbonyl (C=O) groups excluding carboxylic acids is 1. The van der Waals surface area contributed by atoms with Gasteiger partial charge in [0.1, 0.15) is 22.6 Å². The first-order chi connectivity index (χ1) is 16.9. The van der Waals surface area contributed by atoms with Gasteiger partial charge in [0.2, 0.25) is 0 Å². The molecule has 10 nitrogen and oxygen atoms in total. The number of nitrogens with one attached hydrogen (secondary N) is 2. The largest absolute Gasteiger partial charge is 0.477 e. The highest BCUT2D eigenvalue weighted by molar-refractivity contribution is 6.31. The summed E-state index contributed by atoms with van der Waals surface area (Å²) in [4.78, 5) is 41.0. The predicted octanol–water partition coefficient (Wildman–Crippen LogP) is 3.60. The van der Waals surface area contributed by atoms with E-state index < -0.39 is 29.0 Å². The van der Waals surface area contributed by atoms with Gasteiger partial charge in [0.25, 0.3) is 5.56 Å². The Morgan fingerprint density at radius 2 is 2.11 bits per heavy atom. The molecule has 0 unspecified atom stereocenters. The number of aromatic carboxylic acids is 1. The molecule has 3 aromatic rings. The molecule has 1 amide bonds. The van der Waals surface area contributed by atoms with Crippen LogP contribution in [0.25, 0.3) is 5.52 Å². The number of anilines is 1. The Bertz CT molecular complexity index is 1380. The van der Waals surface area contributed by atoms with E-state index in [1.165, 1.54) is 28.9 Å². The minimum absolute atomic E-state index is 0.0889. The van der Waals surface area contributed by atoms with Crippen LogP contribution in [0, 0.1) is 5.82 Å². The first-order valence-corrected chi connectivity index (χ1v) is 11.9. The van der Waals surface area contributed by atoms with Crippen molar-refractivity contribution < 1.29 is 23.8 Å². The fourth-order valence-electron chi connectivity index (χ4n) is 4.28. The van der Waals surface area contributed by atoms with Gasteiger partial charge >= 0.3 is 12.1 Å². The lowest BCUT2D eigenvalue weighted by Crippen LogP contribution is -2.49. The number of carboxylic acids is 1. The van der Waals surface area contributed by atoms with E-state index in [2.05, 4.69) is 15.4 Å². The Labute approximate surface area is 211 Å². The summed E-state index contributed by atoms with van der Waals surface area (Å²) in [5.74, 6) is -1.35. The van der Waals surface area contributed by atoms with Gasteiger partial charge in [0.15, 0.2) is 5.82 Å². The molecule has 4 rings (SSSR count). The molecule has 36 heavy (non-hydrogen) atoms. The molecular weight excluding hydrogens is 493 g/mol. The molecule has 2 aromatic heterocycles. The van der Waals surface area contributed by atoms with E-state index in [4.69, 9.17) is 16.3 Å². The number of nitrogens with zero attached hydrogens (tertiary/aromatic N) is 3. The summed E-state index contributed by atoms with van der Waals surface area (Å²) in [5.41, 5.74) is -0.539. The number of alkyl carbamates (subject to hydrolysis) is 1. The van der Waals surface area contributed by atoms with Gasteiger partial charge < -0.3 is 25.0 Å². The molecule has 3 heterocycles. The second-order valence-corrected chi connectivity index (χ2v) is 10.1. The molecule has 0 spiro atoms. The third kappa shape index (κ3) is 5.62. The summed E-state index contributed by atoms with van der Waals surface area (Å²) in [5, 5.41) is 17.1. The van der Waals surface area contributed by atoms with Crippen molar-refractivity contribution >= 4 is 35.0 Å². The van der Waals surface area contributed by atoms with Crippen LogP contribution >= 0.6 is 11.6 Å². The van der Waals surface area contributed by atoms with E-state index in [9.17, 15) is 23.9 Å². The zero-order chi connectivity index (χ0) is 26.2. The number of piperidine rings is 1. The summed E-state index contributed by atoms with van der Waals surface area (Å²) < 4.78 is 20.6. The number of rotatable bonds is 5. The summed E-state index contributed by atoms with van der Waals surface area (Å²) in [7, 11) is 0. The molecule has 0 saturated carbocycles. The number of hydrogen-bond donors (Lipinski definition) is 3. The maximum Gasteiger partial charge on any atom is 0.407 e. The van der Waals surface area contributed by atoms with Gasteiger partial charge in [-0.2, -0.15) is 0 Å². The van der Waals surface area contributed by atoms with Crippen molar-refractivity contribution in [1.29, 1.82) is 0 Å². The molecule has 1 aliphatic heterocycles. The monoisotopic (exact) mass is 519 g/mol. The molecule has 1 aromatic carbocycles. The third-order valence-corrected chi connectivity index (χ3v) is 6.12. The number of aromatic amines is 1. The summed E-state index contributed by atoms with van der Waals surface area (Å²) in [6.07, 6.45) is 2.23. The predicted molar refractivity (Wildman–Crippen MR) is 132 cm³/mol. The van der Waals surface area contributed by atoms with Crippen molar-refractivity contribution in [2.75, 3.05) is 18.0 Å². The van der Waals surface area contributed by atoms with Crippen molar-refractivity contribution in [1.82, 2.24) is 19.9 Å². The van der Waals surface area contributed by atoms with Crippen LogP contribution in [-0.2, 0) is 11.2 Å². The summed E-state index contributed by atoms with van der Waals surface area (Å²) in [6, 6.07) is 3.73. The molecular formula is C24H27ClFN5O5. The van der Waals surface area contributed by atoms with E-state index in [0.717, 1.165) is 12.8 Å². The number of H-pyrrole nitrogens is 1. The van der Waals surface area contributed by atoms with Crippen molar-refractivity contribution in [3.8, 4) is 0 Å². The lowest BCUT2D eigenvalue weighted by atomic mass is 10.0. The average Bonchev–Trinajstić information content (AvgIpc) is 3.14. The maximum atomic E-state index is 14.0. The first kappa shape index (κ1) is 25.5. The van der Waals surface area contributed by atoms with Gasteiger partial charge in [-0.3, -0.25) is 4.79 Å². The first-order valence-electron chi connectivity index (χ1n) is 11.5. The zero-order valence-corrected chi connectivity index (χ0v) is 20.9. The van der Waals surface area contributed by atoms with Crippen LogP contribution in [-0.4, -0.2) is 56.5 Å². The molecule has 1 aliphatic rings. The molecule has 1 atom stereocenters. The number of fused-ring (bicyclic) bond motifs is 1. The Morgan fingerprint density at radius 1 is 1.36 bits per heavy atom. The van der Waals surface area contributed by atoms with Crippen molar-refractivity contribution in [3.05, 3.63) is 62.4 Å². The fourth-order valence-corrected chi connectivity index (χ4v) is 4.47. The number of halogens is 2. The second-order valence-electron chi connectivity index (χ2n) is 9.74. The average molecular weight is 520 g/mol. The smallest absolute Gasteiger partial charge is 0.407 e. The Balaban J connectivity index is 1.74. The molecule has 192 valence electrons. The van der Waals surface area contributed by atoms with Crippen LogP contribution < -0.4 is 15.8 Å². The van der Waals surface area contributed by atoms with Crippen molar-refractivity contribution in [2.24, 2.45) is 0 Å². The maximum absolute atomic E-state index is 14.0. The minimum atomic E-state index is -1.31. The number of carboxylic acid groups (broad SMARTS) is 1. The van der Waals surface area contributed by atoms with E-state index in [1.54, 1.807) is 20.8 Å². The molecule has 1 fully saturated rings. The number of aromatic nitrogens is 3. The van der Waals surface area contributed by atoms with Gasteiger partial charge in [-0.1, -0.05) is 11.6 Å². The number of carbonyl (C=O) groups is 2. The lowest BCUT2D eigenvalue weighted by molar-refractivity contribution is 0.0499. The summed E-state index contributed by atoms with van der Waals surface area (Å²) in [6.45, 7) is 6.32. The van der Waals surface area contributed by atoms with Crippen LogP contribution in [0.3, 0.4) is 0 Å². The van der Waals surface area contributed by atoms with E-state index in [0.29, 0.717) is 35.1 Å². The van der Waals surface area contributed by atoms with E-state index in [-0.39, 0.29) is 23.7 Å². The van der Waals surface area contributed by atoms with E-state index in [1.807, 2.05) is 4.90 Å². The molecule has 1 saturated heterocycles. The topological polar surface area (TPSA) is 129 Å². The highest BCUT2D eigenvalue weighted by Gasteiger charge is 2.29. The summed E-state index contributed by atoms with van der Waals surface area (Å²) >= 11 is 6.31. The normalized spacial score (nSPS) is 16.2.